The Morgan fingerprint density at radius 3 is 2.37 bits per heavy atom. The minimum Gasteiger partial charge on any atom is -0.769 e. The quantitative estimate of drug-likeness (QED) is 0.112. The lowest BCUT2D eigenvalue weighted by Crippen LogP contribution is -2.44. The van der Waals surface area contributed by atoms with E-state index in [1.54, 1.807) is 12.1 Å². The molecule has 13 heteroatoms. The molecule has 0 fully saturated rings. The van der Waals surface area contributed by atoms with Gasteiger partial charge in [0, 0.05) is 60.0 Å². The number of sulfonamides is 1. The maximum absolute atomic E-state index is 13.4. The molecule has 3 aliphatic carbocycles. The summed E-state index contributed by atoms with van der Waals surface area (Å²) in [6.07, 6.45) is 18.2. The predicted octanol–water partition coefficient (Wildman–Crippen LogP) is 6.14. The van der Waals surface area contributed by atoms with Crippen LogP contribution < -0.4 is 11.1 Å². The molecule has 1 amide bonds. The molecule has 9 nitrogen and oxygen atoms in total. The fourth-order valence-electron chi connectivity index (χ4n) is 5.72. The first kappa shape index (κ1) is 40.2. The molecule has 49 heavy (non-hydrogen) atoms. The van der Waals surface area contributed by atoms with E-state index in [0.29, 0.717) is 62.4 Å². The molecule has 0 radical (unpaired) electrons. The van der Waals surface area contributed by atoms with Crippen molar-refractivity contribution in [1.82, 2.24) is 9.62 Å². The van der Waals surface area contributed by atoms with E-state index in [1.807, 2.05) is 20.8 Å². The van der Waals surface area contributed by atoms with Crippen LogP contribution in [-0.4, -0.2) is 58.2 Å². The normalized spacial score (nSPS) is 20.6. The number of nitrogens with one attached hydrogen (secondary N) is 1. The van der Waals surface area contributed by atoms with Crippen LogP contribution in [0.2, 0.25) is 0 Å². The van der Waals surface area contributed by atoms with Crippen molar-refractivity contribution in [3.8, 4) is 0 Å². The average Bonchev–Trinajstić information content (AvgIpc) is 3.05. The van der Waals surface area contributed by atoms with E-state index in [0.717, 1.165) is 0 Å². The van der Waals surface area contributed by atoms with Gasteiger partial charge in [-0.15, -0.1) is 0 Å². The number of rotatable bonds is 15. The minimum absolute atomic E-state index is 0.0200. The van der Waals surface area contributed by atoms with Gasteiger partial charge < -0.3 is 20.7 Å². The molecule has 0 saturated heterocycles. The molecule has 3 aliphatic rings. The zero-order valence-electron chi connectivity index (χ0n) is 28.3. The van der Waals surface area contributed by atoms with Gasteiger partial charge in [0.15, 0.2) is 0 Å². The van der Waals surface area contributed by atoms with Crippen LogP contribution in [0.1, 0.15) is 59.3 Å². The van der Waals surface area contributed by atoms with Crippen molar-refractivity contribution in [1.29, 1.82) is 0 Å². The van der Waals surface area contributed by atoms with Crippen molar-refractivity contribution in [2.75, 3.05) is 25.4 Å². The number of carbonyl (C=O) groups is 1. The number of carbonyl (C=O) groups excluding carboxylic acids is 1. The SMILES string of the molecule is CC(C)CN([C@H](CO)CCCCNC(=O)[C@@H](C)CC1=CC2C=CC=CC2C=C1)S(=O)(=O)c1ccc(N)cc1.O=S([O-])C1=C(F)C=C(F)CC1. The Bertz CT molecular complexity index is 1600. The zero-order chi connectivity index (χ0) is 36.1. The molecular weight excluding hydrogens is 673 g/mol. The number of fused-ring (bicyclic) bond motifs is 1. The van der Waals surface area contributed by atoms with Crippen molar-refractivity contribution >= 4 is 32.7 Å². The fourth-order valence-corrected chi connectivity index (χ4v) is 8.02. The number of amides is 1. The van der Waals surface area contributed by atoms with E-state index >= 15 is 0 Å². The number of nitrogens with two attached hydrogens (primary N) is 1. The standard InChI is InChI=1S/C30H43N3O4S.C6H6F2O2S/c1-22(2)20-33(38(36,37)29-15-13-27(31)14-16-29)28(21-34)10-6-7-17-32-30(35)23(3)18-24-11-12-25-8-4-5-9-26(25)19-24;7-4-1-2-6(11(9)10)5(8)3-4/h4-5,8-9,11-16,19,22-23,25-26,28,34H,6-7,10,17-18,20-21,31H2,1-3H3,(H,32,35);3H,1-2H2,(H,9,10)/p-1/t23-,25?,26?,28-;/m0./s1. The summed E-state index contributed by atoms with van der Waals surface area (Å²) in [7, 11) is -3.78. The molecule has 4 rings (SSSR count). The van der Waals surface area contributed by atoms with Crippen LogP contribution >= 0.6 is 0 Å². The summed E-state index contributed by atoms with van der Waals surface area (Å²) in [6.45, 7) is 6.42. The van der Waals surface area contributed by atoms with Gasteiger partial charge in [-0.2, -0.15) is 4.31 Å². The second-order valence-electron chi connectivity index (χ2n) is 12.9. The van der Waals surface area contributed by atoms with Gasteiger partial charge in [0.1, 0.15) is 11.7 Å². The lowest BCUT2D eigenvalue weighted by atomic mass is 9.81. The zero-order valence-corrected chi connectivity index (χ0v) is 29.9. The number of unbranched alkanes of at least 4 members (excludes halogenated alkanes) is 1. The van der Waals surface area contributed by atoms with Gasteiger partial charge in [-0.3, -0.25) is 9.00 Å². The van der Waals surface area contributed by atoms with Crippen LogP contribution in [0.3, 0.4) is 0 Å². The highest BCUT2D eigenvalue weighted by Crippen LogP contribution is 2.31. The molecule has 0 spiro atoms. The Kier molecular flexibility index (Phi) is 15.8. The summed E-state index contributed by atoms with van der Waals surface area (Å²) in [5, 5.41) is 13.1. The van der Waals surface area contributed by atoms with Crippen LogP contribution in [0, 0.1) is 23.7 Å². The summed E-state index contributed by atoms with van der Waals surface area (Å²) in [4.78, 5) is 12.5. The molecule has 270 valence electrons. The lowest BCUT2D eigenvalue weighted by molar-refractivity contribution is -0.124. The molecule has 1 aromatic rings. The van der Waals surface area contributed by atoms with Gasteiger partial charge >= 0.3 is 0 Å². The number of aliphatic hydroxyl groups excluding tert-OH is 1. The molecule has 0 heterocycles. The average molecular weight is 721 g/mol. The third kappa shape index (κ3) is 12.2. The maximum atomic E-state index is 13.4. The van der Waals surface area contributed by atoms with Crippen LogP contribution in [0.5, 0.6) is 0 Å². The van der Waals surface area contributed by atoms with Crippen LogP contribution in [0.4, 0.5) is 14.5 Å². The van der Waals surface area contributed by atoms with Crippen LogP contribution in [0.25, 0.3) is 0 Å². The number of hydrogen-bond acceptors (Lipinski definition) is 7. The van der Waals surface area contributed by atoms with Gasteiger partial charge in [-0.25, -0.2) is 17.2 Å². The van der Waals surface area contributed by atoms with E-state index in [2.05, 4.69) is 47.8 Å². The monoisotopic (exact) mass is 720 g/mol. The first-order valence-electron chi connectivity index (χ1n) is 16.6. The number of aliphatic hydroxyl groups is 1. The molecule has 1 aromatic carbocycles. The topological polar surface area (TPSA) is 153 Å². The maximum Gasteiger partial charge on any atom is 0.243 e. The molecule has 0 aromatic heterocycles. The number of nitrogen functional groups attached to an aromatic ring is 1. The highest BCUT2D eigenvalue weighted by molar-refractivity contribution is 7.89. The molecular formula is C36H48F2N3O6S2-. The van der Waals surface area contributed by atoms with Crippen molar-refractivity contribution < 1.29 is 35.9 Å². The Balaban J connectivity index is 0.000000501. The van der Waals surface area contributed by atoms with Gasteiger partial charge in [0.05, 0.1) is 11.5 Å². The summed E-state index contributed by atoms with van der Waals surface area (Å²) < 4.78 is 73.4. The summed E-state index contributed by atoms with van der Waals surface area (Å²) in [6, 6.07) is 5.61. The van der Waals surface area contributed by atoms with Crippen LogP contribution in [-0.2, 0) is 25.9 Å². The first-order valence-corrected chi connectivity index (χ1v) is 19.1. The second kappa shape index (κ2) is 19.2. The minimum atomic E-state index is -3.78. The number of nitrogens with zero attached hydrogens (tertiary/aromatic N) is 1. The Morgan fingerprint density at radius 1 is 1.08 bits per heavy atom. The van der Waals surface area contributed by atoms with E-state index in [1.165, 1.54) is 22.0 Å². The molecule has 3 unspecified atom stereocenters. The third-order valence-electron chi connectivity index (χ3n) is 8.41. The third-order valence-corrected chi connectivity index (χ3v) is 11.1. The van der Waals surface area contributed by atoms with Gasteiger partial charge in [-0.05, 0) is 66.9 Å². The number of allylic oxidation sites excluding steroid dienone is 12. The summed E-state index contributed by atoms with van der Waals surface area (Å²) in [5.41, 5.74) is 7.41. The summed E-state index contributed by atoms with van der Waals surface area (Å²) >= 11 is -2.55. The van der Waals surface area contributed by atoms with E-state index < -0.39 is 38.8 Å². The number of halogens is 2. The van der Waals surface area contributed by atoms with Gasteiger partial charge in [0.2, 0.25) is 15.9 Å². The molecule has 0 saturated carbocycles. The highest BCUT2D eigenvalue weighted by Gasteiger charge is 2.31. The van der Waals surface area contributed by atoms with Crippen LogP contribution in [0.15, 0.2) is 99.9 Å². The first-order chi connectivity index (χ1) is 23.2. The van der Waals surface area contributed by atoms with Crippen molar-refractivity contribution in [2.45, 2.75) is 70.2 Å². The lowest BCUT2D eigenvalue weighted by Gasteiger charge is -2.31. The second-order valence-corrected chi connectivity index (χ2v) is 15.7. The number of benzene rings is 1. The number of anilines is 1. The Morgan fingerprint density at radius 2 is 1.76 bits per heavy atom. The van der Waals surface area contributed by atoms with Gasteiger partial charge in [0.25, 0.3) is 0 Å². The van der Waals surface area contributed by atoms with E-state index in [4.69, 9.17) is 5.73 Å². The van der Waals surface area contributed by atoms with Gasteiger partial charge in [-0.1, -0.05) is 75.3 Å². The van der Waals surface area contributed by atoms with Crippen molar-refractivity contribution in [3.05, 3.63) is 95.0 Å². The highest BCUT2D eigenvalue weighted by atomic mass is 32.2. The summed E-state index contributed by atoms with van der Waals surface area (Å²) in [5.74, 6) is -0.839. The smallest absolute Gasteiger partial charge is 0.243 e. The molecule has 0 aliphatic heterocycles. The van der Waals surface area contributed by atoms with E-state index in [9.17, 15) is 35.9 Å². The van der Waals surface area contributed by atoms with Crippen molar-refractivity contribution in [2.24, 2.45) is 23.7 Å². The Labute approximate surface area is 291 Å². The molecule has 5 atom stereocenters. The molecule has 0 bridgehead atoms. The van der Waals surface area contributed by atoms with E-state index in [-0.39, 0.29) is 47.0 Å². The Hall–Kier alpha value is -3.23. The fraction of sp³-hybridized carbons (Fsp3) is 0.472. The predicted molar refractivity (Wildman–Crippen MR) is 189 cm³/mol. The molecule has 4 N–H and O–H groups in total. The number of hydrogen-bond donors (Lipinski definition) is 3. The van der Waals surface area contributed by atoms with Crippen molar-refractivity contribution in [3.63, 3.8) is 0 Å². The largest absolute Gasteiger partial charge is 0.769 e.